The van der Waals surface area contributed by atoms with Gasteiger partial charge in [0.25, 0.3) is 5.91 Å². The predicted octanol–water partition coefficient (Wildman–Crippen LogP) is 3.26. The zero-order valence-corrected chi connectivity index (χ0v) is 23.3. The van der Waals surface area contributed by atoms with E-state index in [4.69, 9.17) is 4.42 Å². The highest BCUT2D eigenvalue weighted by Crippen LogP contribution is 2.35. The third-order valence-corrected chi connectivity index (χ3v) is 7.78. The molecule has 3 atom stereocenters. The largest absolute Gasteiger partial charge is 0.436 e. The zero-order chi connectivity index (χ0) is 29.5. The monoisotopic (exact) mass is 581 g/mol. The number of carbonyl (C=O) groups is 2. The molecule has 12 nitrogen and oxygen atoms in total. The summed E-state index contributed by atoms with van der Waals surface area (Å²) in [6.45, 7) is 2.27. The quantitative estimate of drug-likeness (QED) is 0.307. The van der Waals surface area contributed by atoms with Crippen LogP contribution in [0, 0.1) is 5.92 Å². The van der Waals surface area contributed by atoms with E-state index in [2.05, 4.69) is 35.6 Å². The number of rotatable bonds is 7. The maximum atomic E-state index is 13.5. The van der Waals surface area contributed by atoms with Gasteiger partial charge in [0.15, 0.2) is 11.4 Å². The first-order valence-electron chi connectivity index (χ1n) is 14.1. The minimum atomic E-state index is -1.07. The first-order chi connectivity index (χ1) is 20.9. The topological polar surface area (TPSA) is 135 Å². The highest BCUT2D eigenvalue weighted by atomic mass is 19.1. The van der Waals surface area contributed by atoms with Crippen LogP contribution in [0.15, 0.2) is 71.3 Å². The van der Waals surface area contributed by atoms with Gasteiger partial charge in [-0.15, -0.1) is 10.2 Å². The third kappa shape index (κ3) is 5.46. The lowest BCUT2D eigenvalue weighted by molar-refractivity contribution is -0.117. The number of carbonyl (C=O) groups excluding carboxylic acids is 2. The van der Waals surface area contributed by atoms with Crippen LogP contribution in [0.2, 0.25) is 0 Å². The Hall–Kier alpha value is -5.04. The number of benzene rings is 2. The average Bonchev–Trinajstić information content (AvgIpc) is 3.39. The Bertz CT molecular complexity index is 1800. The number of oxazole rings is 1. The predicted molar refractivity (Wildman–Crippen MR) is 153 cm³/mol. The smallest absolute Gasteiger partial charge is 0.272 e. The van der Waals surface area contributed by atoms with Gasteiger partial charge >= 0.3 is 0 Å². The first-order valence-corrected chi connectivity index (χ1v) is 14.1. The van der Waals surface area contributed by atoms with E-state index in [1.807, 2.05) is 30.3 Å². The number of tetrazole rings is 1. The minimum Gasteiger partial charge on any atom is -0.436 e. The van der Waals surface area contributed by atoms with Gasteiger partial charge in [-0.25, -0.2) is 9.37 Å². The molecule has 0 bridgehead atoms. The molecular weight excluding hydrogens is 553 g/mol. The van der Waals surface area contributed by atoms with Crippen molar-refractivity contribution in [1.82, 2.24) is 40.0 Å². The van der Waals surface area contributed by atoms with Crippen LogP contribution in [0.25, 0.3) is 22.6 Å². The lowest BCUT2D eigenvalue weighted by Crippen LogP contribution is -2.50. The number of piperazine rings is 1. The number of hydrogen-bond donors (Lipinski definition) is 1. The Labute approximate surface area is 245 Å². The Kier molecular flexibility index (Phi) is 6.86. The molecule has 3 aromatic heterocycles. The minimum absolute atomic E-state index is 0.170. The summed E-state index contributed by atoms with van der Waals surface area (Å²) < 4.78 is 19.2. The molecule has 1 aliphatic carbocycles. The molecule has 2 amide bonds. The summed E-state index contributed by atoms with van der Waals surface area (Å²) in [5.41, 5.74) is 3.54. The number of aromatic nitrogens is 6. The number of fused-ring (bicyclic) bond motifs is 1. The second-order valence-electron chi connectivity index (χ2n) is 10.8. The van der Waals surface area contributed by atoms with Crippen molar-refractivity contribution in [2.45, 2.75) is 18.6 Å². The number of anilines is 1. The van der Waals surface area contributed by atoms with Gasteiger partial charge in [0, 0.05) is 43.6 Å². The maximum Gasteiger partial charge on any atom is 0.272 e. The Morgan fingerprint density at radius 1 is 1.05 bits per heavy atom. The van der Waals surface area contributed by atoms with Gasteiger partial charge in [-0.1, -0.05) is 30.3 Å². The summed E-state index contributed by atoms with van der Waals surface area (Å²) in [6, 6.07) is 18.3. The van der Waals surface area contributed by atoms with Gasteiger partial charge in [0.2, 0.25) is 11.8 Å². The van der Waals surface area contributed by atoms with Gasteiger partial charge in [0.1, 0.15) is 17.4 Å². The molecule has 0 spiro atoms. The van der Waals surface area contributed by atoms with Crippen molar-refractivity contribution in [1.29, 1.82) is 0 Å². The fourth-order valence-electron chi connectivity index (χ4n) is 5.39. The van der Waals surface area contributed by atoms with E-state index in [9.17, 15) is 14.0 Å². The van der Waals surface area contributed by atoms with Crippen LogP contribution >= 0.6 is 0 Å². The number of pyridine rings is 1. The normalized spacial score (nSPS) is 19.3. The molecule has 43 heavy (non-hydrogen) atoms. The van der Waals surface area contributed by atoms with Gasteiger partial charge < -0.3 is 14.6 Å². The second kappa shape index (κ2) is 11.0. The molecule has 2 aromatic carbocycles. The van der Waals surface area contributed by atoms with E-state index in [0.29, 0.717) is 65.9 Å². The summed E-state index contributed by atoms with van der Waals surface area (Å²) in [5.74, 6) is -0.155. The molecule has 13 heteroatoms. The molecule has 2 aliphatic rings. The van der Waals surface area contributed by atoms with Crippen molar-refractivity contribution in [3.63, 3.8) is 0 Å². The molecule has 1 saturated carbocycles. The second-order valence-corrected chi connectivity index (χ2v) is 10.8. The molecule has 2 fully saturated rings. The third-order valence-electron chi connectivity index (χ3n) is 7.78. The van der Waals surface area contributed by atoms with Crippen molar-refractivity contribution in [3.8, 4) is 11.5 Å². The molecule has 218 valence electrons. The van der Waals surface area contributed by atoms with Crippen LogP contribution in [-0.2, 0) is 11.8 Å². The van der Waals surface area contributed by atoms with Gasteiger partial charge in [0.05, 0.1) is 19.0 Å². The molecule has 1 aliphatic heterocycles. The molecule has 1 N–H and O–H groups in total. The number of hydrogen-bond acceptors (Lipinski definition) is 9. The fourth-order valence-corrected chi connectivity index (χ4v) is 5.39. The average molecular weight is 582 g/mol. The van der Waals surface area contributed by atoms with Crippen LogP contribution in [0.3, 0.4) is 0 Å². The Morgan fingerprint density at radius 2 is 1.84 bits per heavy atom. The summed E-state index contributed by atoms with van der Waals surface area (Å²) in [4.78, 5) is 40.0. The van der Waals surface area contributed by atoms with Crippen LogP contribution in [0.1, 0.15) is 34.3 Å². The van der Waals surface area contributed by atoms with Crippen LogP contribution in [0.4, 0.5) is 10.1 Å². The molecule has 0 radical (unpaired) electrons. The molecule has 5 aromatic rings. The van der Waals surface area contributed by atoms with Crippen molar-refractivity contribution in [2.75, 3.05) is 31.5 Å². The number of nitrogens with zero attached hydrogens (tertiary/aromatic N) is 8. The van der Waals surface area contributed by atoms with Crippen molar-refractivity contribution < 1.29 is 18.4 Å². The van der Waals surface area contributed by atoms with Crippen molar-refractivity contribution in [3.05, 3.63) is 83.9 Å². The number of alkyl halides is 1. The molecular formula is C30H28FN9O3. The zero-order valence-electron chi connectivity index (χ0n) is 23.3. The molecule has 4 heterocycles. The highest BCUT2D eigenvalue weighted by molar-refractivity contribution is 5.96. The van der Waals surface area contributed by atoms with E-state index < -0.39 is 12.1 Å². The summed E-state index contributed by atoms with van der Waals surface area (Å²) in [7, 11) is 1.74. The lowest BCUT2D eigenvalue weighted by Gasteiger charge is -2.38. The van der Waals surface area contributed by atoms with Gasteiger partial charge in [-0.05, 0) is 47.5 Å². The molecule has 7 rings (SSSR count). The number of halogens is 1. The number of aryl methyl sites for hydroxylation is 1. The fraction of sp³-hybridized carbons (Fsp3) is 0.300. The standard InChI is InChI=1S/C30H28FN9O3/c1-38-36-27(35-37-38)26(18-5-3-2-4-6-18)39-11-13-40(14-12-39)30(42)24-15-19(9-10-32-24)29-34-23-16-20(7-8-25(23)43-29)33-28(41)21-17-22(21)31/h2-10,15-16,21-22,26H,11-14,17H2,1H3,(H,33,41)/t21-,22+,26+/m0/s1. The van der Waals surface area contributed by atoms with Gasteiger partial charge in [-0.3, -0.25) is 19.5 Å². The van der Waals surface area contributed by atoms with E-state index in [-0.39, 0.29) is 24.3 Å². The SMILES string of the molecule is Cn1nnc([C@@H](c2ccccc2)N2CCN(C(=O)c3cc(-c4nc5cc(NC(=O)[C@H]6C[C@H]6F)ccc5o4)ccn3)CC2)n1. The first kappa shape index (κ1) is 26.8. The van der Waals surface area contributed by atoms with Crippen molar-refractivity contribution in [2.24, 2.45) is 13.0 Å². The molecule has 1 saturated heterocycles. The lowest BCUT2D eigenvalue weighted by atomic mass is 10.0. The summed E-state index contributed by atoms with van der Waals surface area (Å²) in [6.07, 6.45) is 0.755. The summed E-state index contributed by atoms with van der Waals surface area (Å²) in [5, 5.41) is 15.5. The van der Waals surface area contributed by atoms with Crippen LogP contribution in [-0.4, -0.2) is 84.1 Å². The molecule has 0 unspecified atom stereocenters. The van der Waals surface area contributed by atoms with Crippen LogP contribution in [0.5, 0.6) is 0 Å². The summed E-state index contributed by atoms with van der Waals surface area (Å²) >= 11 is 0. The highest BCUT2D eigenvalue weighted by Gasteiger charge is 2.43. The maximum absolute atomic E-state index is 13.5. The Balaban J connectivity index is 1.05. The Morgan fingerprint density at radius 3 is 2.56 bits per heavy atom. The van der Waals surface area contributed by atoms with Crippen LogP contribution < -0.4 is 5.32 Å². The van der Waals surface area contributed by atoms with Gasteiger partial charge in [-0.2, -0.15) is 4.80 Å². The van der Waals surface area contributed by atoms with E-state index >= 15 is 0 Å². The van der Waals surface area contributed by atoms with E-state index in [0.717, 1.165) is 5.56 Å². The number of amides is 2. The van der Waals surface area contributed by atoms with Crippen molar-refractivity contribution >= 4 is 28.6 Å². The van der Waals surface area contributed by atoms with E-state index in [1.165, 1.54) is 4.80 Å². The van der Waals surface area contributed by atoms with E-state index in [1.54, 1.807) is 48.5 Å². The number of nitrogens with one attached hydrogen (secondary N) is 1.